The Labute approximate surface area is 120 Å². The van der Waals surface area contributed by atoms with E-state index in [1.54, 1.807) is 6.92 Å². The molecule has 1 aromatic rings. The summed E-state index contributed by atoms with van der Waals surface area (Å²) in [6.45, 7) is 1.70. The summed E-state index contributed by atoms with van der Waals surface area (Å²) in [6, 6.07) is 7.37. The summed E-state index contributed by atoms with van der Waals surface area (Å²) in [5, 5.41) is 9.43. The van der Waals surface area contributed by atoms with E-state index in [0.29, 0.717) is 12.2 Å². The molecule has 5 heteroatoms. The Morgan fingerprint density at radius 2 is 2.00 bits per heavy atom. The molecular formula is C15H22O4S. The lowest BCUT2D eigenvalue weighted by atomic mass is 9.97. The van der Waals surface area contributed by atoms with Crippen molar-refractivity contribution >= 4 is 9.84 Å². The van der Waals surface area contributed by atoms with Gasteiger partial charge in [-0.1, -0.05) is 18.2 Å². The zero-order valence-corrected chi connectivity index (χ0v) is 12.8. The summed E-state index contributed by atoms with van der Waals surface area (Å²) in [5.41, 5.74) is 0.744. The lowest BCUT2D eigenvalue weighted by molar-refractivity contribution is 0.143. The van der Waals surface area contributed by atoms with Gasteiger partial charge >= 0.3 is 0 Å². The summed E-state index contributed by atoms with van der Waals surface area (Å²) >= 11 is 0. The molecule has 1 aliphatic carbocycles. The SMILES string of the molecule is CC(O)c1ccccc1OC1CCCC(S(C)(=O)=O)C1. The number of ether oxygens (including phenoxy) is 1. The lowest BCUT2D eigenvalue weighted by Gasteiger charge is -2.29. The van der Waals surface area contributed by atoms with Crippen molar-refractivity contribution in [2.45, 2.75) is 50.1 Å². The van der Waals surface area contributed by atoms with Gasteiger partial charge in [0.15, 0.2) is 0 Å². The second kappa shape index (κ2) is 6.14. The summed E-state index contributed by atoms with van der Waals surface area (Å²) in [5.74, 6) is 0.654. The van der Waals surface area contributed by atoms with E-state index < -0.39 is 15.9 Å². The van der Waals surface area contributed by atoms with Gasteiger partial charge in [0.25, 0.3) is 0 Å². The largest absolute Gasteiger partial charge is 0.490 e. The van der Waals surface area contributed by atoms with Crippen molar-refractivity contribution in [3.8, 4) is 5.75 Å². The van der Waals surface area contributed by atoms with Crippen molar-refractivity contribution in [3.05, 3.63) is 29.8 Å². The van der Waals surface area contributed by atoms with Gasteiger partial charge in [-0.3, -0.25) is 0 Å². The smallest absolute Gasteiger partial charge is 0.150 e. The predicted molar refractivity (Wildman–Crippen MR) is 78.6 cm³/mol. The van der Waals surface area contributed by atoms with Crippen molar-refractivity contribution in [1.29, 1.82) is 0 Å². The van der Waals surface area contributed by atoms with Crippen LogP contribution < -0.4 is 4.74 Å². The van der Waals surface area contributed by atoms with Crippen LogP contribution in [-0.2, 0) is 9.84 Å². The van der Waals surface area contributed by atoms with Crippen molar-refractivity contribution < 1.29 is 18.3 Å². The van der Waals surface area contributed by atoms with E-state index in [1.165, 1.54) is 6.26 Å². The molecular weight excluding hydrogens is 276 g/mol. The second-order valence-corrected chi connectivity index (χ2v) is 7.90. The Hall–Kier alpha value is -1.07. The number of hydrogen-bond donors (Lipinski definition) is 1. The molecule has 0 bridgehead atoms. The minimum absolute atomic E-state index is 0.0941. The average Bonchev–Trinajstić information content (AvgIpc) is 2.38. The van der Waals surface area contributed by atoms with Gasteiger partial charge in [0.05, 0.1) is 17.5 Å². The maximum Gasteiger partial charge on any atom is 0.150 e. The molecule has 0 radical (unpaired) electrons. The minimum Gasteiger partial charge on any atom is -0.490 e. The number of sulfone groups is 1. The molecule has 3 atom stereocenters. The Morgan fingerprint density at radius 3 is 2.65 bits per heavy atom. The molecule has 1 saturated carbocycles. The van der Waals surface area contributed by atoms with Gasteiger partial charge in [-0.05, 0) is 32.3 Å². The molecule has 0 saturated heterocycles. The van der Waals surface area contributed by atoms with Gasteiger partial charge in [0.2, 0.25) is 0 Å². The van der Waals surface area contributed by atoms with Gasteiger partial charge in [0.1, 0.15) is 15.6 Å². The average molecular weight is 298 g/mol. The molecule has 0 heterocycles. The molecule has 0 aliphatic heterocycles. The molecule has 2 rings (SSSR count). The summed E-state index contributed by atoms with van der Waals surface area (Å²) in [4.78, 5) is 0. The number of rotatable bonds is 4. The van der Waals surface area contributed by atoms with Crippen molar-refractivity contribution in [2.24, 2.45) is 0 Å². The molecule has 1 aliphatic rings. The van der Waals surface area contributed by atoms with Crippen molar-refractivity contribution in [2.75, 3.05) is 6.26 Å². The van der Waals surface area contributed by atoms with E-state index in [2.05, 4.69) is 0 Å². The molecule has 4 nitrogen and oxygen atoms in total. The minimum atomic E-state index is -3.01. The molecule has 20 heavy (non-hydrogen) atoms. The van der Waals surface area contributed by atoms with Gasteiger partial charge < -0.3 is 9.84 Å². The highest BCUT2D eigenvalue weighted by atomic mass is 32.2. The first-order valence-electron chi connectivity index (χ1n) is 7.00. The van der Waals surface area contributed by atoms with E-state index in [9.17, 15) is 13.5 Å². The molecule has 1 aromatic carbocycles. The fourth-order valence-corrected chi connectivity index (χ4v) is 3.87. The highest BCUT2D eigenvalue weighted by Gasteiger charge is 2.30. The highest BCUT2D eigenvalue weighted by molar-refractivity contribution is 7.91. The van der Waals surface area contributed by atoms with Crippen LogP contribution in [0.25, 0.3) is 0 Å². The van der Waals surface area contributed by atoms with Gasteiger partial charge in [-0.25, -0.2) is 8.42 Å². The molecule has 112 valence electrons. The fourth-order valence-electron chi connectivity index (χ4n) is 2.71. The summed E-state index contributed by atoms with van der Waals surface area (Å²) < 4.78 is 29.3. The Morgan fingerprint density at radius 1 is 1.30 bits per heavy atom. The van der Waals surface area contributed by atoms with E-state index in [1.807, 2.05) is 24.3 Å². The molecule has 0 spiro atoms. The third-order valence-electron chi connectivity index (χ3n) is 3.85. The van der Waals surface area contributed by atoms with Crippen LogP contribution in [0.1, 0.15) is 44.3 Å². The first kappa shape index (κ1) is 15.3. The van der Waals surface area contributed by atoms with Crippen LogP contribution in [0.5, 0.6) is 5.75 Å². The molecule has 0 amide bonds. The quantitative estimate of drug-likeness (QED) is 0.927. The summed E-state index contributed by atoms with van der Waals surface area (Å²) in [6.07, 6.45) is 3.58. The number of benzene rings is 1. The van der Waals surface area contributed by atoms with E-state index >= 15 is 0 Å². The highest BCUT2D eigenvalue weighted by Crippen LogP contribution is 2.31. The monoisotopic (exact) mass is 298 g/mol. The van der Waals surface area contributed by atoms with Crippen LogP contribution in [0.4, 0.5) is 0 Å². The van der Waals surface area contributed by atoms with Crippen LogP contribution in [-0.4, -0.2) is 31.1 Å². The van der Waals surface area contributed by atoms with Gasteiger partial charge in [0, 0.05) is 18.2 Å². The zero-order valence-electron chi connectivity index (χ0n) is 12.0. The molecule has 1 N–H and O–H groups in total. The van der Waals surface area contributed by atoms with E-state index in [4.69, 9.17) is 4.74 Å². The van der Waals surface area contributed by atoms with Gasteiger partial charge in [-0.15, -0.1) is 0 Å². The van der Waals surface area contributed by atoms with Gasteiger partial charge in [-0.2, -0.15) is 0 Å². The first-order valence-corrected chi connectivity index (χ1v) is 8.96. The topological polar surface area (TPSA) is 63.6 Å². The van der Waals surface area contributed by atoms with E-state index in [0.717, 1.165) is 24.8 Å². The number of aliphatic hydroxyl groups is 1. The van der Waals surface area contributed by atoms with Crippen LogP contribution in [0.3, 0.4) is 0 Å². The maximum atomic E-state index is 11.7. The third kappa shape index (κ3) is 3.73. The maximum absolute atomic E-state index is 11.7. The first-order chi connectivity index (χ1) is 9.38. The van der Waals surface area contributed by atoms with Crippen molar-refractivity contribution in [3.63, 3.8) is 0 Å². The van der Waals surface area contributed by atoms with Crippen LogP contribution in [0, 0.1) is 0 Å². The van der Waals surface area contributed by atoms with Crippen LogP contribution in [0.2, 0.25) is 0 Å². The zero-order chi connectivity index (χ0) is 14.8. The predicted octanol–water partition coefficient (Wildman–Crippen LogP) is 2.47. The number of hydrogen-bond acceptors (Lipinski definition) is 4. The number of aliphatic hydroxyl groups excluding tert-OH is 1. The standard InChI is InChI=1S/C15H22O4S/c1-11(16)14-8-3-4-9-15(14)19-12-6-5-7-13(10-12)20(2,17)18/h3-4,8-9,11-13,16H,5-7,10H2,1-2H3. The van der Waals surface area contributed by atoms with Crippen molar-refractivity contribution in [1.82, 2.24) is 0 Å². The fraction of sp³-hybridized carbons (Fsp3) is 0.600. The second-order valence-electron chi connectivity index (χ2n) is 5.57. The molecule has 3 unspecified atom stereocenters. The normalized spacial score (nSPS) is 25.1. The lowest BCUT2D eigenvalue weighted by Crippen LogP contribution is -2.33. The molecule has 1 fully saturated rings. The Balaban J connectivity index is 2.11. The third-order valence-corrected chi connectivity index (χ3v) is 5.49. The van der Waals surface area contributed by atoms with Crippen LogP contribution in [0.15, 0.2) is 24.3 Å². The van der Waals surface area contributed by atoms with E-state index in [-0.39, 0.29) is 11.4 Å². The Kier molecular flexibility index (Phi) is 4.70. The molecule has 0 aromatic heterocycles. The number of para-hydroxylation sites is 1. The Bertz CT molecular complexity index is 551. The summed E-state index contributed by atoms with van der Waals surface area (Å²) in [7, 11) is -3.01. The van der Waals surface area contributed by atoms with Crippen LogP contribution >= 0.6 is 0 Å².